The van der Waals surface area contributed by atoms with Gasteiger partial charge in [0, 0.05) is 31.9 Å². The number of ether oxygens (including phenoxy) is 5. The lowest BCUT2D eigenvalue weighted by Crippen LogP contribution is -2.62. The molecule has 260 valence electrons. The van der Waals surface area contributed by atoms with Crippen LogP contribution in [0.4, 0.5) is 0 Å². The molecule has 0 aliphatic carbocycles. The van der Waals surface area contributed by atoms with Gasteiger partial charge in [-0.3, -0.25) is 4.79 Å². The molecule has 10 atom stereocenters. The van der Waals surface area contributed by atoms with Gasteiger partial charge in [-0.1, -0.05) is 26.7 Å². The van der Waals surface area contributed by atoms with Gasteiger partial charge in [0.05, 0.1) is 32.4 Å². The number of aliphatic hydroxyl groups is 7. The molecule has 2 aliphatic rings. The SMILES string of the molecule is CCCCOCCNC(=O)CCSC1OC(CO)C(O)C(O)C1O.CCCCOCCOC1OC(C(=O)[O-])C(O)C(O)C1O. The van der Waals surface area contributed by atoms with Crippen LogP contribution in [0.1, 0.15) is 46.0 Å². The summed E-state index contributed by atoms with van der Waals surface area (Å²) in [5.41, 5.74) is -0.800. The first-order valence-corrected chi connectivity index (χ1v) is 15.9. The quantitative estimate of drug-likeness (QED) is 0.0619. The molecule has 2 aliphatic heterocycles. The van der Waals surface area contributed by atoms with Crippen molar-refractivity contribution in [2.45, 2.75) is 107 Å². The number of carbonyl (C=O) groups is 2. The molecule has 0 aromatic carbocycles. The molecule has 10 unspecified atom stereocenters. The van der Waals surface area contributed by atoms with E-state index in [0.717, 1.165) is 37.4 Å². The first-order valence-electron chi connectivity index (χ1n) is 14.9. The van der Waals surface area contributed by atoms with E-state index in [4.69, 9.17) is 28.8 Å². The van der Waals surface area contributed by atoms with Gasteiger partial charge in [0.2, 0.25) is 5.91 Å². The second kappa shape index (κ2) is 23.2. The smallest absolute Gasteiger partial charge is 0.220 e. The largest absolute Gasteiger partial charge is 0.547 e. The molecule has 44 heavy (non-hydrogen) atoms. The molecule has 0 spiro atoms. The highest BCUT2D eigenvalue weighted by atomic mass is 32.2. The minimum absolute atomic E-state index is 0.0635. The third-order valence-corrected chi connectivity index (χ3v) is 7.78. The Labute approximate surface area is 261 Å². The average molecular weight is 661 g/mol. The molecule has 0 aromatic rings. The number of unbranched alkanes of at least 4 members (excludes halogenated alkanes) is 2. The monoisotopic (exact) mass is 660 g/mol. The van der Waals surface area contributed by atoms with Crippen molar-refractivity contribution in [3.8, 4) is 0 Å². The zero-order chi connectivity index (χ0) is 33.1. The van der Waals surface area contributed by atoms with Crippen LogP contribution in [0.25, 0.3) is 0 Å². The predicted octanol–water partition coefficient (Wildman–Crippen LogP) is -3.78. The molecular formula is C27H50NO15S-. The summed E-state index contributed by atoms with van der Waals surface area (Å²) in [6, 6.07) is 0. The number of carbonyl (C=O) groups excluding carboxylic acids is 2. The van der Waals surface area contributed by atoms with Crippen molar-refractivity contribution in [2.24, 2.45) is 0 Å². The van der Waals surface area contributed by atoms with Gasteiger partial charge in [-0.25, -0.2) is 0 Å². The van der Waals surface area contributed by atoms with Crippen LogP contribution in [0, 0.1) is 0 Å². The third kappa shape index (κ3) is 14.5. The van der Waals surface area contributed by atoms with Crippen molar-refractivity contribution in [3.63, 3.8) is 0 Å². The van der Waals surface area contributed by atoms with Crippen LogP contribution in [0.3, 0.4) is 0 Å². The highest BCUT2D eigenvalue weighted by Crippen LogP contribution is 2.28. The van der Waals surface area contributed by atoms with Crippen molar-refractivity contribution in [1.82, 2.24) is 5.32 Å². The number of aliphatic carboxylic acids is 1. The van der Waals surface area contributed by atoms with E-state index in [-0.39, 0.29) is 25.5 Å². The number of carboxylic acids is 1. The number of hydrogen-bond donors (Lipinski definition) is 8. The number of carboxylic acid groups (broad SMARTS) is 1. The van der Waals surface area contributed by atoms with E-state index in [1.54, 1.807) is 0 Å². The maximum atomic E-state index is 11.7. The van der Waals surface area contributed by atoms with Crippen molar-refractivity contribution < 1.29 is 74.1 Å². The van der Waals surface area contributed by atoms with Crippen LogP contribution < -0.4 is 10.4 Å². The molecule has 0 saturated carbocycles. The number of thioether (sulfide) groups is 1. The molecule has 16 nitrogen and oxygen atoms in total. The fourth-order valence-electron chi connectivity index (χ4n) is 3.92. The third-order valence-electron chi connectivity index (χ3n) is 6.62. The Morgan fingerprint density at radius 1 is 0.795 bits per heavy atom. The van der Waals surface area contributed by atoms with Gasteiger partial charge in [-0.2, -0.15) is 0 Å². The van der Waals surface area contributed by atoms with E-state index >= 15 is 0 Å². The van der Waals surface area contributed by atoms with E-state index in [1.807, 2.05) is 6.92 Å². The Bertz CT molecular complexity index is 782. The first kappa shape index (κ1) is 40.8. The molecule has 2 saturated heterocycles. The molecule has 2 fully saturated rings. The average Bonchev–Trinajstić information content (AvgIpc) is 3.00. The zero-order valence-corrected chi connectivity index (χ0v) is 26.1. The summed E-state index contributed by atoms with van der Waals surface area (Å²) in [6.45, 7) is 6.17. The molecule has 1 amide bonds. The fraction of sp³-hybridized carbons (Fsp3) is 0.926. The Balaban J connectivity index is 0.000000447. The van der Waals surface area contributed by atoms with Gasteiger partial charge in [0.25, 0.3) is 0 Å². The van der Waals surface area contributed by atoms with Crippen LogP contribution >= 0.6 is 11.8 Å². The van der Waals surface area contributed by atoms with Gasteiger partial charge in [0.1, 0.15) is 54.3 Å². The molecule has 0 aromatic heterocycles. The first-order chi connectivity index (χ1) is 21.0. The lowest BCUT2D eigenvalue weighted by Gasteiger charge is -2.40. The molecule has 8 N–H and O–H groups in total. The van der Waals surface area contributed by atoms with Crippen LogP contribution in [0.15, 0.2) is 0 Å². The summed E-state index contributed by atoms with van der Waals surface area (Å²) in [7, 11) is 0. The zero-order valence-electron chi connectivity index (χ0n) is 25.3. The lowest BCUT2D eigenvalue weighted by atomic mass is 9.99. The van der Waals surface area contributed by atoms with Crippen LogP contribution in [0.2, 0.25) is 0 Å². The normalized spacial score (nSPS) is 32.0. The van der Waals surface area contributed by atoms with E-state index in [1.165, 1.54) is 0 Å². The Morgan fingerprint density at radius 2 is 1.41 bits per heavy atom. The molecule has 2 heterocycles. The minimum atomic E-state index is -1.77. The van der Waals surface area contributed by atoms with Crippen LogP contribution in [0.5, 0.6) is 0 Å². The standard InChI is InChI=1S/C15H29NO7S.C12H22O8/c1-2-3-6-22-7-5-16-11(18)4-8-24-15-14(21)13(20)12(19)10(9-17)23-15;1-2-3-4-18-5-6-19-12-9(15)7(13)8(14)10(20-12)11(16)17/h10,12-15,17,19-21H,2-9H2,1H3,(H,16,18);7-10,12-15H,2-6H2,1H3,(H,16,17)/p-1. The highest BCUT2D eigenvalue weighted by Gasteiger charge is 2.45. The second-order valence-corrected chi connectivity index (χ2v) is 11.4. The molecule has 2 rings (SSSR count). The van der Waals surface area contributed by atoms with Gasteiger partial charge in [-0.05, 0) is 12.8 Å². The minimum Gasteiger partial charge on any atom is -0.547 e. The number of amides is 1. The molecular weight excluding hydrogens is 610 g/mol. The van der Waals surface area contributed by atoms with Crippen molar-refractivity contribution in [3.05, 3.63) is 0 Å². The lowest BCUT2D eigenvalue weighted by molar-refractivity contribution is -0.349. The Morgan fingerprint density at radius 3 is 2.00 bits per heavy atom. The summed E-state index contributed by atoms with van der Waals surface area (Å²) in [6.07, 6.45) is -8.82. The summed E-state index contributed by atoms with van der Waals surface area (Å²) in [4.78, 5) is 22.4. The Kier molecular flexibility index (Phi) is 21.5. The topological polar surface area (TPSA) is 257 Å². The molecule has 0 radical (unpaired) electrons. The van der Waals surface area contributed by atoms with Gasteiger partial charge in [0.15, 0.2) is 6.29 Å². The number of hydrogen-bond acceptors (Lipinski definition) is 16. The maximum absolute atomic E-state index is 11.7. The van der Waals surface area contributed by atoms with Crippen molar-refractivity contribution in [1.29, 1.82) is 0 Å². The van der Waals surface area contributed by atoms with Crippen molar-refractivity contribution >= 4 is 23.6 Å². The summed E-state index contributed by atoms with van der Waals surface area (Å²) in [5.74, 6) is -1.44. The van der Waals surface area contributed by atoms with E-state index in [2.05, 4.69) is 12.2 Å². The molecule has 17 heteroatoms. The maximum Gasteiger partial charge on any atom is 0.220 e. The summed E-state index contributed by atoms with van der Waals surface area (Å²) < 4.78 is 25.9. The Hall–Kier alpha value is -1.19. The van der Waals surface area contributed by atoms with Gasteiger partial charge < -0.3 is 74.6 Å². The number of nitrogens with one attached hydrogen (secondary N) is 1. The van der Waals surface area contributed by atoms with Crippen molar-refractivity contribution in [2.75, 3.05) is 51.9 Å². The summed E-state index contributed by atoms with van der Waals surface area (Å²) in [5, 5.41) is 80.4. The fourth-order valence-corrected chi connectivity index (χ4v) is 5.04. The van der Waals surface area contributed by atoms with E-state index in [0.29, 0.717) is 32.1 Å². The van der Waals surface area contributed by atoms with Crippen LogP contribution in [-0.4, -0.2) is 160 Å². The predicted molar refractivity (Wildman–Crippen MR) is 153 cm³/mol. The molecule has 0 bridgehead atoms. The van der Waals surface area contributed by atoms with Crippen LogP contribution in [-0.2, 0) is 33.3 Å². The second-order valence-electron chi connectivity index (χ2n) is 10.2. The number of rotatable bonds is 19. The number of aliphatic hydroxyl groups excluding tert-OH is 7. The van der Waals surface area contributed by atoms with Gasteiger partial charge >= 0.3 is 0 Å². The highest BCUT2D eigenvalue weighted by molar-refractivity contribution is 7.99. The summed E-state index contributed by atoms with van der Waals surface area (Å²) >= 11 is 1.16. The van der Waals surface area contributed by atoms with Gasteiger partial charge in [-0.15, -0.1) is 11.8 Å². The van der Waals surface area contributed by atoms with E-state index in [9.17, 15) is 45.3 Å². The van der Waals surface area contributed by atoms with E-state index < -0.39 is 73.1 Å².